The van der Waals surface area contributed by atoms with Crippen LogP contribution in [0.15, 0.2) is 24.3 Å². The SMILES string of the molecule is C=C(C)C(=O)OCC12C=CC(O1)c1c2c(O)n(CCOP(=O)(O)O)c1O. The standard InChI is InChI=1S/C15H18NO9P/c1-8(2)14(19)23-7-15-4-3-9(25-15)10-11(15)13(18)16(12(10)17)5-6-24-26(20,21)22/h3-4,9,17-18H,1,5-7H2,2H3,(H2,20,21,22). The topological polar surface area (TPSA) is 148 Å². The summed E-state index contributed by atoms with van der Waals surface area (Å²) in [6, 6.07) is 0. The fraction of sp³-hybridized carbons (Fsp3) is 0.400. The molecule has 1 aromatic rings. The number of hydrogen-bond acceptors (Lipinski definition) is 7. The number of phosphoric ester groups is 1. The average Bonchev–Trinajstić information content (AvgIpc) is 3.17. The van der Waals surface area contributed by atoms with Crippen molar-refractivity contribution in [1.29, 1.82) is 0 Å². The van der Waals surface area contributed by atoms with E-state index >= 15 is 0 Å². The summed E-state index contributed by atoms with van der Waals surface area (Å²) in [5.74, 6) is -1.29. The molecular formula is C15H18NO9P. The Morgan fingerprint density at radius 1 is 1.42 bits per heavy atom. The lowest BCUT2D eigenvalue weighted by atomic mass is 9.90. The zero-order chi connectivity index (χ0) is 19.3. The number of carbonyl (C=O) groups is 1. The molecule has 2 aliphatic rings. The first-order chi connectivity index (χ1) is 12.1. The zero-order valence-electron chi connectivity index (χ0n) is 13.8. The normalized spacial score (nSPS) is 23.3. The van der Waals surface area contributed by atoms with Crippen LogP contribution in [0.3, 0.4) is 0 Å². The van der Waals surface area contributed by atoms with E-state index in [2.05, 4.69) is 11.1 Å². The van der Waals surface area contributed by atoms with Crippen molar-refractivity contribution in [2.24, 2.45) is 0 Å². The van der Waals surface area contributed by atoms with Gasteiger partial charge in [-0.15, -0.1) is 0 Å². The molecule has 0 aliphatic carbocycles. The summed E-state index contributed by atoms with van der Waals surface area (Å²) in [7, 11) is -4.67. The Hall–Kier alpha value is -2.10. The average molecular weight is 387 g/mol. The van der Waals surface area contributed by atoms with Gasteiger partial charge in [-0.05, 0) is 13.0 Å². The lowest BCUT2D eigenvalue weighted by Crippen LogP contribution is -2.29. The van der Waals surface area contributed by atoms with Crippen molar-refractivity contribution in [2.75, 3.05) is 13.2 Å². The summed E-state index contributed by atoms with van der Waals surface area (Å²) in [6.45, 7) is 4.12. The number of rotatable bonds is 7. The second-order valence-corrected chi connectivity index (χ2v) is 7.29. The van der Waals surface area contributed by atoms with E-state index in [0.717, 1.165) is 4.57 Å². The minimum absolute atomic E-state index is 0.204. The Bertz CT molecular complexity index is 852. The number of hydrogen-bond donors (Lipinski definition) is 4. The zero-order valence-corrected chi connectivity index (χ0v) is 14.7. The quantitative estimate of drug-likeness (QED) is 0.232. The van der Waals surface area contributed by atoms with E-state index in [1.54, 1.807) is 12.2 Å². The number of carbonyl (C=O) groups excluding carboxylic acids is 1. The van der Waals surface area contributed by atoms with Crippen molar-refractivity contribution < 1.29 is 43.4 Å². The number of phosphoric acid groups is 1. The minimum atomic E-state index is -4.67. The molecule has 0 radical (unpaired) electrons. The van der Waals surface area contributed by atoms with Gasteiger partial charge in [0.05, 0.1) is 24.3 Å². The molecule has 2 unspecified atom stereocenters. The highest BCUT2D eigenvalue weighted by molar-refractivity contribution is 7.46. The maximum atomic E-state index is 11.7. The predicted octanol–water partition coefficient (Wildman–Crippen LogP) is 0.964. The lowest BCUT2D eigenvalue weighted by Gasteiger charge is -2.23. The molecule has 2 atom stereocenters. The third-order valence-corrected chi connectivity index (χ3v) is 4.69. The summed E-state index contributed by atoms with van der Waals surface area (Å²) >= 11 is 0. The molecule has 0 amide bonds. The van der Waals surface area contributed by atoms with Crippen LogP contribution in [0.5, 0.6) is 11.8 Å². The van der Waals surface area contributed by atoms with Gasteiger partial charge in [-0.2, -0.15) is 0 Å². The molecule has 11 heteroatoms. The highest BCUT2D eigenvalue weighted by atomic mass is 31.2. The van der Waals surface area contributed by atoms with E-state index in [1.807, 2.05) is 0 Å². The van der Waals surface area contributed by atoms with Gasteiger partial charge in [0.15, 0.2) is 5.60 Å². The number of aromatic hydroxyl groups is 2. The first kappa shape index (κ1) is 18.7. The van der Waals surface area contributed by atoms with Crippen LogP contribution in [0.25, 0.3) is 0 Å². The summed E-state index contributed by atoms with van der Waals surface area (Å²) in [5, 5.41) is 20.9. The van der Waals surface area contributed by atoms with Gasteiger partial charge in [0, 0.05) is 5.57 Å². The molecule has 0 saturated heterocycles. The minimum Gasteiger partial charge on any atom is -0.494 e. The maximum Gasteiger partial charge on any atom is 0.469 e. The largest absolute Gasteiger partial charge is 0.494 e. The van der Waals surface area contributed by atoms with Gasteiger partial charge < -0.3 is 29.5 Å². The summed E-state index contributed by atoms with van der Waals surface area (Å²) in [4.78, 5) is 29.1. The number of esters is 1. The molecule has 3 rings (SSSR count). The molecule has 26 heavy (non-hydrogen) atoms. The molecule has 4 N–H and O–H groups in total. The smallest absolute Gasteiger partial charge is 0.469 e. The van der Waals surface area contributed by atoms with Gasteiger partial charge in [0.25, 0.3) is 0 Å². The lowest BCUT2D eigenvalue weighted by molar-refractivity contribution is -0.147. The van der Waals surface area contributed by atoms with Crippen LogP contribution in [0, 0.1) is 0 Å². The second kappa shape index (κ2) is 6.26. The molecule has 0 fully saturated rings. The van der Waals surface area contributed by atoms with E-state index in [4.69, 9.17) is 19.3 Å². The van der Waals surface area contributed by atoms with Crippen molar-refractivity contribution in [3.63, 3.8) is 0 Å². The van der Waals surface area contributed by atoms with Gasteiger partial charge >= 0.3 is 13.8 Å². The summed E-state index contributed by atoms with van der Waals surface area (Å²) < 4.78 is 27.1. The Kier molecular flexibility index (Phi) is 4.50. The van der Waals surface area contributed by atoms with Crippen LogP contribution in [0.4, 0.5) is 0 Å². The van der Waals surface area contributed by atoms with Crippen LogP contribution >= 0.6 is 7.82 Å². The number of aromatic nitrogens is 1. The monoisotopic (exact) mass is 387 g/mol. The molecule has 1 aromatic heterocycles. The molecule has 0 saturated carbocycles. The van der Waals surface area contributed by atoms with Gasteiger partial charge in [-0.3, -0.25) is 9.09 Å². The molecular weight excluding hydrogens is 369 g/mol. The highest BCUT2D eigenvalue weighted by Gasteiger charge is 2.53. The predicted molar refractivity (Wildman–Crippen MR) is 86.2 cm³/mol. The Labute approximate surface area is 148 Å². The van der Waals surface area contributed by atoms with Gasteiger partial charge in [-0.25, -0.2) is 9.36 Å². The van der Waals surface area contributed by atoms with E-state index in [1.165, 1.54) is 6.92 Å². The van der Waals surface area contributed by atoms with Crippen molar-refractivity contribution >= 4 is 13.8 Å². The number of fused-ring (bicyclic) bond motifs is 5. The van der Waals surface area contributed by atoms with Crippen LogP contribution < -0.4 is 0 Å². The van der Waals surface area contributed by atoms with Crippen LogP contribution in [-0.2, 0) is 35.5 Å². The van der Waals surface area contributed by atoms with E-state index in [9.17, 15) is 19.6 Å². The molecule has 2 bridgehead atoms. The third-order valence-electron chi connectivity index (χ3n) is 4.17. The molecule has 2 aliphatic heterocycles. The van der Waals surface area contributed by atoms with Gasteiger partial charge in [-0.1, -0.05) is 12.7 Å². The molecule has 10 nitrogen and oxygen atoms in total. The van der Waals surface area contributed by atoms with Crippen molar-refractivity contribution in [3.8, 4) is 11.8 Å². The summed E-state index contributed by atoms with van der Waals surface area (Å²) in [5.41, 5.74) is -0.486. The number of nitrogens with zero attached hydrogens (tertiary/aromatic N) is 1. The molecule has 142 valence electrons. The van der Waals surface area contributed by atoms with Crippen LogP contribution in [-0.4, -0.2) is 43.8 Å². The second-order valence-electron chi connectivity index (χ2n) is 6.05. The highest BCUT2D eigenvalue weighted by Crippen LogP contribution is 2.58. The molecule has 0 spiro atoms. The van der Waals surface area contributed by atoms with Gasteiger partial charge in [0.1, 0.15) is 12.7 Å². The van der Waals surface area contributed by atoms with E-state index < -0.39 is 32.1 Å². The Morgan fingerprint density at radius 2 is 2.12 bits per heavy atom. The fourth-order valence-corrected chi connectivity index (χ4v) is 3.38. The fourth-order valence-electron chi connectivity index (χ4n) is 3.06. The van der Waals surface area contributed by atoms with Crippen LogP contribution in [0.1, 0.15) is 24.2 Å². The van der Waals surface area contributed by atoms with E-state index in [0.29, 0.717) is 5.56 Å². The first-order valence-corrected chi connectivity index (χ1v) is 9.13. The Balaban J connectivity index is 1.86. The van der Waals surface area contributed by atoms with Crippen molar-refractivity contribution in [1.82, 2.24) is 4.57 Å². The Morgan fingerprint density at radius 3 is 2.73 bits per heavy atom. The van der Waals surface area contributed by atoms with Crippen LogP contribution in [0.2, 0.25) is 0 Å². The third kappa shape index (κ3) is 3.06. The van der Waals surface area contributed by atoms with Crippen molar-refractivity contribution in [3.05, 3.63) is 35.4 Å². The number of ether oxygens (including phenoxy) is 2. The first-order valence-electron chi connectivity index (χ1n) is 7.60. The van der Waals surface area contributed by atoms with E-state index in [-0.39, 0.29) is 36.0 Å². The molecule has 3 heterocycles. The summed E-state index contributed by atoms with van der Waals surface area (Å²) in [6.07, 6.45) is 2.65. The van der Waals surface area contributed by atoms with Crippen molar-refractivity contribution in [2.45, 2.75) is 25.2 Å². The van der Waals surface area contributed by atoms with Gasteiger partial charge in [0.2, 0.25) is 11.8 Å². The molecule has 0 aromatic carbocycles. The maximum absolute atomic E-state index is 11.7.